The molecular weight excluding hydrogens is 290 g/mol. The summed E-state index contributed by atoms with van der Waals surface area (Å²) in [5.74, 6) is -0.688. The van der Waals surface area contributed by atoms with Gasteiger partial charge < -0.3 is 5.32 Å². The third kappa shape index (κ3) is 5.97. The Balaban J connectivity index is 1.70. The molecule has 0 fully saturated rings. The van der Waals surface area contributed by atoms with Gasteiger partial charge in [-0.2, -0.15) is 5.10 Å². The van der Waals surface area contributed by atoms with Gasteiger partial charge in [0.05, 0.1) is 6.54 Å². The van der Waals surface area contributed by atoms with E-state index in [1.165, 1.54) is 6.21 Å². The van der Waals surface area contributed by atoms with Crippen LogP contribution in [0.3, 0.4) is 0 Å². The van der Waals surface area contributed by atoms with Gasteiger partial charge in [0, 0.05) is 11.8 Å². The van der Waals surface area contributed by atoms with Gasteiger partial charge in [-0.1, -0.05) is 54.6 Å². The van der Waals surface area contributed by atoms with Gasteiger partial charge in [-0.25, -0.2) is 5.43 Å². The van der Waals surface area contributed by atoms with Crippen LogP contribution in [0.15, 0.2) is 71.8 Å². The van der Waals surface area contributed by atoms with Crippen molar-refractivity contribution in [3.8, 4) is 0 Å². The van der Waals surface area contributed by atoms with Gasteiger partial charge in [0.2, 0.25) is 0 Å². The van der Waals surface area contributed by atoms with Crippen LogP contribution in [0.2, 0.25) is 0 Å². The van der Waals surface area contributed by atoms with Gasteiger partial charge in [0.15, 0.2) is 0 Å². The molecule has 0 aliphatic rings. The smallest absolute Gasteiger partial charge is 0.259 e. The van der Waals surface area contributed by atoms with Crippen LogP contribution in [-0.2, 0) is 4.79 Å². The van der Waals surface area contributed by atoms with Crippen LogP contribution in [0.5, 0.6) is 0 Å². The summed E-state index contributed by atoms with van der Waals surface area (Å²) in [5, 5.41) is 6.30. The fraction of sp³-hybridized carbons (Fsp3) is 0.0556. The Morgan fingerprint density at radius 2 is 1.61 bits per heavy atom. The molecule has 0 heterocycles. The van der Waals surface area contributed by atoms with E-state index in [9.17, 15) is 9.59 Å². The van der Waals surface area contributed by atoms with Gasteiger partial charge in [-0.15, -0.1) is 0 Å². The predicted octanol–water partition coefficient (Wildman–Crippen LogP) is 2.23. The van der Waals surface area contributed by atoms with Crippen molar-refractivity contribution in [1.29, 1.82) is 0 Å². The topological polar surface area (TPSA) is 70.6 Å². The average molecular weight is 307 g/mol. The zero-order valence-corrected chi connectivity index (χ0v) is 12.5. The monoisotopic (exact) mass is 307 g/mol. The molecule has 0 atom stereocenters. The van der Waals surface area contributed by atoms with Crippen LogP contribution in [0, 0.1) is 0 Å². The fourth-order valence-corrected chi connectivity index (χ4v) is 1.76. The van der Waals surface area contributed by atoms with Crippen LogP contribution < -0.4 is 10.7 Å². The number of nitrogens with zero attached hydrogens (tertiary/aromatic N) is 1. The molecule has 0 bridgehead atoms. The molecule has 0 aliphatic heterocycles. The van der Waals surface area contributed by atoms with Gasteiger partial charge >= 0.3 is 0 Å². The molecule has 0 unspecified atom stereocenters. The van der Waals surface area contributed by atoms with E-state index in [4.69, 9.17) is 0 Å². The summed E-state index contributed by atoms with van der Waals surface area (Å²) in [6.45, 7) is -0.131. The number of benzene rings is 2. The first kappa shape index (κ1) is 16.2. The summed E-state index contributed by atoms with van der Waals surface area (Å²) in [4.78, 5) is 23.3. The molecular formula is C18H17N3O2. The maximum atomic E-state index is 11.7. The maximum absolute atomic E-state index is 11.7. The van der Waals surface area contributed by atoms with Crippen molar-refractivity contribution in [3.63, 3.8) is 0 Å². The molecule has 0 saturated heterocycles. The fourth-order valence-electron chi connectivity index (χ4n) is 1.76. The normalized spacial score (nSPS) is 10.8. The quantitative estimate of drug-likeness (QED) is 0.634. The minimum absolute atomic E-state index is 0.131. The molecule has 0 spiro atoms. The molecule has 0 aliphatic carbocycles. The van der Waals surface area contributed by atoms with E-state index in [1.807, 2.05) is 42.5 Å². The molecule has 2 N–H and O–H groups in total. The first-order valence-corrected chi connectivity index (χ1v) is 7.12. The number of hydrogen-bond acceptors (Lipinski definition) is 3. The highest BCUT2D eigenvalue weighted by atomic mass is 16.2. The Labute approximate surface area is 134 Å². The minimum Gasteiger partial charge on any atom is -0.343 e. The Bertz CT molecular complexity index is 695. The predicted molar refractivity (Wildman–Crippen MR) is 90.9 cm³/mol. The second-order valence-electron chi connectivity index (χ2n) is 4.63. The molecule has 0 aromatic heterocycles. The van der Waals surface area contributed by atoms with Crippen molar-refractivity contribution in [1.82, 2.24) is 10.7 Å². The Kier molecular flexibility index (Phi) is 6.28. The van der Waals surface area contributed by atoms with Gasteiger partial charge in [0.25, 0.3) is 11.8 Å². The molecule has 0 radical (unpaired) electrons. The highest BCUT2D eigenvalue weighted by Crippen LogP contribution is 1.99. The van der Waals surface area contributed by atoms with E-state index in [2.05, 4.69) is 15.8 Å². The lowest BCUT2D eigenvalue weighted by Gasteiger charge is -2.03. The van der Waals surface area contributed by atoms with Crippen molar-refractivity contribution < 1.29 is 9.59 Å². The van der Waals surface area contributed by atoms with Crippen LogP contribution >= 0.6 is 0 Å². The zero-order valence-electron chi connectivity index (χ0n) is 12.5. The lowest BCUT2D eigenvalue weighted by molar-refractivity contribution is -0.120. The van der Waals surface area contributed by atoms with Gasteiger partial charge in [-0.3, -0.25) is 9.59 Å². The zero-order chi connectivity index (χ0) is 16.3. The van der Waals surface area contributed by atoms with E-state index < -0.39 is 5.91 Å². The average Bonchev–Trinajstić information content (AvgIpc) is 2.61. The lowest BCUT2D eigenvalue weighted by Crippen LogP contribution is -2.34. The highest BCUT2D eigenvalue weighted by molar-refractivity contribution is 5.96. The van der Waals surface area contributed by atoms with Crippen molar-refractivity contribution in [3.05, 3.63) is 77.9 Å². The number of nitrogens with one attached hydrogen (secondary N) is 2. The third-order valence-corrected chi connectivity index (χ3v) is 2.88. The summed E-state index contributed by atoms with van der Waals surface area (Å²) >= 11 is 0. The van der Waals surface area contributed by atoms with Crippen LogP contribution in [0.1, 0.15) is 15.9 Å². The summed E-state index contributed by atoms with van der Waals surface area (Å²) < 4.78 is 0. The first-order chi connectivity index (χ1) is 11.3. The Morgan fingerprint density at radius 1 is 0.957 bits per heavy atom. The molecule has 23 heavy (non-hydrogen) atoms. The van der Waals surface area contributed by atoms with Crippen LogP contribution in [-0.4, -0.2) is 24.6 Å². The highest BCUT2D eigenvalue weighted by Gasteiger charge is 2.06. The molecule has 2 aromatic rings. The first-order valence-electron chi connectivity index (χ1n) is 7.12. The Morgan fingerprint density at radius 3 is 2.30 bits per heavy atom. The van der Waals surface area contributed by atoms with E-state index >= 15 is 0 Å². The van der Waals surface area contributed by atoms with Gasteiger partial charge in [0.1, 0.15) is 0 Å². The standard InChI is InChI=1S/C18H17N3O2/c22-17(14-19-18(23)16-11-5-2-6-12-16)21-20-13-7-10-15-8-3-1-4-9-15/h1-13H,14H2,(H,19,23)(H,21,22)/b10-7+,20-13-. The molecule has 0 saturated carbocycles. The number of amides is 2. The largest absolute Gasteiger partial charge is 0.343 e. The van der Waals surface area contributed by atoms with Crippen LogP contribution in [0.4, 0.5) is 0 Å². The number of hydrogen-bond donors (Lipinski definition) is 2. The Hall–Kier alpha value is -3.21. The molecule has 116 valence electrons. The molecule has 2 aromatic carbocycles. The molecule has 5 nitrogen and oxygen atoms in total. The van der Waals surface area contributed by atoms with Crippen LogP contribution in [0.25, 0.3) is 6.08 Å². The number of carbonyl (C=O) groups excluding carboxylic acids is 2. The number of allylic oxidation sites excluding steroid dienone is 1. The van der Waals surface area contributed by atoms with Crippen molar-refractivity contribution in [2.24, 2.45) is 5.10 Å². The molecule has 5 heteroatoms. The van der Waals surface area contributed by atoms with E-state index in [0.717, 1.165) is 5.56 Å². The summed E-state index contributed by atoms with van der Waals surface area (Å²) in [6.07, 6.45) is 5.06. The lowest BCUT2D eigenvalue weighted by atomic mass is 10.2. The number of carbonyl (C=O) groups is 2. The number of hydrazone groups is 1. The summed E-state index contributed by atoms with van der Waals surface area (Å²) in [7, 11) is 0. The molecule has 2 rings (SSSR count). The molecule has 2 amide bonds. The van der Waals surface area contributed by atoms with E-state index in [-0.39, 0.29) is 12.5 Å². The van der Waals surface area contributed by atoms with Crippen molar-refractivity contribution in [2.75, 3.05) is 6.54 Å². The SMILES string of the molecule is O=C(CNC(=O)c1ccccc1)N/N=C\C=C\c1ccccc1. The third-order valence-electron chi connectivity index (χ3n) is 2.88. The summed E-state index contributed by atoms with van der Waals surface area (Å²) in [5.41, 5.74) is 3.89. The second kappa shape index (κ2) is 8.94. The number of rotatable bonds is 6. The summed E-state index contributed by atoms with van der Waals surface area (Å²) in [6, 6.07) is 18.4. The second-order valence-corrected chi connectivity index (χ2v) is 4.63. The maximum Gasteiger partial charge on any atom is 0.259 e. The van der Waals surface area contributed by atoms with E-state index in [0.29, 0.717) is 5.56 Å². The van der Waals surface area contributed by atoms with E-state index in [1.54, 1.807) is 30.3 Å². The van der Waals surface area contributed by atoms with Gasteiger partial charge in [-0.05, 0) is 23.8 Å². The minimum atomic E-state index is -0.390. The van der Waals surface area contributed by atoms with Crippen molar-refractivity contribution >= 4 is 24.1 Å². The van der Waals surface area contributed by atoms with Crippen molar-refractivity contribution in [2.45, 2.75) is 0 Å².